The highest BCUT2D eigenvalue weighted by atomic mass is 16.3. The number of nitriles is 1. The molecule has 1 aliphatic rings. The summed E-state index contributed by atoms with van der Waals surface area (Å²) >= 11 is 0. The van der Waals surface area contributed by atoms with E-state index in [0.717, 1.165) is 24.9 Å². The molecule has 1 unspecified atom stereocenters. The van der Waals surface area contributed by atoms with E-state index in [1.54, 1.807) is 39.8 Å². The molecular formula is C20H20N8O2. The minimum Gasteiger partial charge on any atom is -0.395 e. The van der Waals surface area contributed by atoms with E-state index >= 15 is 0 Å². The molecule has 152 valence electrons. The van der Waals surface area contributed by atoms with Gasteiger partial charge in [0.25, 0.3) is 0 Å². The molecule has 0 radical (unpaired) electrons. The molecule has 0 aromatic carbocycles. The van der Waals surface area contributed by atoms with E-state index < -0.39 is 0 Å². The van der Waals surface area contributed by atoms with Crippen LogP contribution in [0.15, 0.2) is 35.5 Å². The minimum atomic E-state index is -0.189. The van der Waals surface area contributed by atoms with E-state index in [2.05, 4.69) is 21.5 Å². The van der Waals surface area contributed by atoms with Crippen molar-refractivity contribution < 1.29 is 5.11 Å². The highest BCUT2D eigenvalue weighted by Gasteiger charge is 2.24. The first-order chi connectivity index (χ1) is 14.7. The van der Waals surface area contributed by atoms with Crippen molar-refractivity contribution in [2.75, 3.05) is 19.7 Å². The first kappa shape index (κ1) is 18.5. The van der Waals surface area contributed by atoms with Crippen molar-refractivity contribution >= 4 is 16.7 Å². The number of piperidine rings is 1. The number of rotatable bonds is 4. The predicted octanol–water partition coefficient (Wildman–Crippen LogP) is 0.696. The fraction of sp³-hybridized carbons (Fsp3) is 0.350. The molecule has 0 saturated carbocycles. The first-order valence-electron chi connectivity index (χ1n) is 9.88. The molecule has 1 atom stereocenters. The number of aromatic nitrogens is 6. The Morgan fingerprint density at radius 3 is 3.00 bits per heavy atom. The number of aliphatic hydroxyl groups is 1. The highest BCUT2D eigenvalue weighted by Crippen LogP contribution is 2.25. The first-order valence-corrected chi connectivity index (χ1v) is 9.88. The summed E-state index contributed by atoms with van der Waals surface area (Å²) in [7, 11) is 0. The number of nitrogens with zero attached hydrogens (tertiary/aromatic N) is 7. The van der Waals surface area contributed by atoms with E-state index in [4.69, 9.17) is 4.98 Å². The van der Waals surface area contributed by atoms with Crippen LogP contribution in [0.2, 0.25) is 0 Å². The molecule has 1 fully saturated rings. The second-order valence-corrected chi connectivity index (χ2v) is 7.35. The Balaban J connectivity index is 1.72. The molecule has 0 amide bonds. The van der Waals surface area contributed by atoms with Crippen LogP contribution in [0.1, 0.15) is 24.4 Å². The zero-order valence-corrected chi connectivity index (χ0v) is 16.2. The van der Waals surface area contributed by atoms with Crippen LogP contribution in [0, 0.1) is 11.3 Å². The molecule has 4 aromatic heterocycles. The SMILES string of the molecule is N#Cc1ccn2ncc(-c3ncc4c(n3)n(C3CCCNC3)c(=O)n4CCO)c2c1. The lowest BCUT2D eigenvalue weighted by Gasteiger charge is -2.23. The number of fused-ring (bicyclic) bond motifs is 2. The Morgan fingerprint density at radius 1 is 1.33 bits per heavy atom. The van der Waals surface area contributed by atoms with Crippen molar-refractivity contribution in [1.29, 1.82) is 5.26 Å². The Hall–Kier alpha value is -3.55. The molecule has 5 heterocycles. The Kier molecular flexibility index (Phi) is 4.54. The number of hydrogen-bond donors (Lipinski definition) is 2. The van der Waals surface area contributed by atoms with Gasteiger partial charge in [0.1, 0.15) is 5.52 Å². The Bertz CT molecular complexity index is 1340. The van der Waals surface area contributed by atoms with Crippen molar-refractivity contribution in [3.63, 3.8) is 0 Å². The lowest BCUT2D eigenvalue weighted by atomic mass is 10.1. The van der Waals surface area contributed by atoms with Crippen molar-refractivity contribution in [1.82, 2.24) is 34.0 Å². The second-order valence-electron chi connectivity index (χ2n) is 7.35. The van der Waals surface area contributed by atoms with Gasteiger partial charge in [-0.25, -0.2) is 19.3 Å². The normalized spacial score (nSPS) is 16.9. The monoisotopic (exact) mass is 404 g/mol. The van der Waals surface area contributed by atoms with Gasteiger partial charge in [-0.05, 0) is 31.5 Å². The van der Waals surface area contributed by atoms with Crippen LogP contribution in [-0.2, 0) is 6.54 Å². The maximum absolute atomic E-state index is 13.1. The minimum absolute atomic E-state index is 0.00876. The Morgan fingerprint density at radius 2 is 2.23 bits per heavy atom. The summed E-state index contributed by atoms with van der Waals surface area (Å²) in [6, 6.07) is 5.56. The quantitative estimate of drug-likeness (QED) is 0.513. The van der Waals surface area contributed by atoms with E-state index in [-0.39, 0.29) is 24.9 Å². The summed E-state index contributed by atoms with van der Waals surface area (Å²) in [5, 5.41) is 26.3. The lowest BCUT2D eigenvalue weighted by molar-refractivity contribution is 0.274. The fourth-order valence-electron chi connectivity index (χ4n) is 4.11. The Labute approximate surface area is 171 Å². The molecule has 0 bridgehead atoms. The number of pyridine rings is 1. The number of nitrogens with one attached hydrogen (secondary N) is 1. The zero-order valence-electron chi connectivity index (χ0n) is 16.2. The molecular weight excluding hydrogens is 384 g/mol. The standard InChI is InChI=1S/C20H20N8O2/c21-9-13-3-5-27-16(8-13)15(11-24-27)18-23-12-17-19(25-18)28(14-2-1-4-22-10-14)20(30)26(17)6-7-29/h3,5,8,11-12,14,22,29H,1-2,4,6-7,10H2. The van der Waals surface area contributed by atoms with Crippen molar-refractivity contribution in [2.24, 2.45) is 0 Å². The summed E-state index contributed by atoms with van der Waals surface area (Å²) in [6.07, 6.45) is 6.86. The van der Waals surface area contributed by atoms with Crippen LogP contribution in [-0.4, -0.2) is 53.5 Å². The molecule has 0 spiro atoms. The van der Waals surface area contributed by atoms with Gasteiger partial charge in [-0.15, -0.1) is 0 Å². The van der Waals surface area contributed by atoms with Gasteiger partial charge in [-0.2, -0.15) is 10.4 Å². The third kappa shape index (κ3) is 2.87. The van der Waals surface area contributed by atoms with Crippen LogP contribution in [0.3, 0.4) is 0 Å². The summed E-state index contributed by atoms with van der Waals surface area (Å²) in [4.78, 5) is 22.4. The van der Waals surface area contributed by atoms with Gasteiger partial charge in [-0.1, -0.05) is 0 Å². The smallest absolute Gasteiger partial charge is 0.330 e. The third-order valence-electron chi connectivity index (χ3n) is 5.56. The van der Waals surface area contributed by atoms with Gasteiger partial charge in [0.05, 0.1) is 54.3 Å². The summed E-state index contributed by atoms with van der Waals surface area (Å²) in [6.45, 7) is 1.67. The average molecular weight is 404 g/mol. The number of hydrogen-bond acceptors (Lipinski definition) is 7. The van der Waals surface area contributed by atoms with E-state index in [0.29, 0.717) is 34.7 Å². The van der Waals surface area contributed by atoms with Crippen molar-refractivity contribution in [3.05, 3.63) is 46.8 Å². The number of aliphatic hydroxyl groups excluding tert-OH is 1. The predicted molar refractivity (Wildman–Crippen MR) is 109 cm³/mol. The van der Waals surface area contributed by atoms with Gasteiger partial charge in [0.15, 0.2) is 11.5 Å². The maximum Gasteiger partial charge on any atom is 0.330 e. The van der Waals surface area contributed by atoms with E-state index in [1.165, 1.54) is 4.57 Å². The molecule has 1 aliphatic heterocycles. The van der Waals surface area contributed by atoms with Crippen LogP contribution in [0.5, 0.6) is 0 Å². The number of imidazole rings is 1. The van der Waals surface area contributed by atoms with Gasteiger partial charge in [-0.3, -0.25) is 9.13 Å². The van der Waals surface area contributed by atoms with Crippen molar-refractivity contribution in [3.8, 4) is 17.5 Å². The summed E-state index contributed by atoms with van der Waals surface area (Å²) in [5.74, 6) is 0.436. The van der Waals surface area contributed by atoms with Crippen LogP contribution in [0.25, 0.3) is 28.1 Å². The topological polar surface area (TPSA) is 126 Å². The largest absolute Gasteiger partial charge is 0.395 e. The maximum atomic E-state index is 13.1. The van der Waals surface area contributed by atoms with Crippen LogP contribution in [0.4, 0.5) is 0 Å². The molecule has 0 aliphatic carbocycles. The van der Waals surface area contributed by atoms with Gasteiger partial charge >= 0.3 is 5.69 Å². The van der Waals surface area contributed by atoms with Gasteiger partial charge in [0.2, 0.25) is 0 Å². The molecule has 10 heteroatoms. The van der Waals surface area contributed by atoms with Gasteiger partial charge in [0, 0.05) is 12.7 Å². The lowest BCUT2D eigenvalue weighted by Crippen LogP contribution is -2.37. The average Bonchev–Trinajstić information content (AvgIpc) is 3.32. The molecule has 1 saturated heterocycles. The third-order valence-corrected chi connectivity index (χ3v) is 5.56. The molecule has 5 rings (SSSR count). The van der Waals surface area contributed by atoms with Crippen molar-refractivity contribution in [2.45, 2.75) is 25.4 Å². The molecule has 10 nitrogen and oxygen atoms in total. The van der Waals surface area contributed by atoms with Crippen LogP contribution >= 0.6 is 0 Å². The second kappa shape index (κ2) is 7.37. The van der Waals surface area contributed by atoms with Gasteiger partial charge < -0.3 is 10.4 Å². The zero-order chi connectivity index (χ0) is 20.7. The molecule has 4 aromatic rings. The van der Waals surface area contributed by atoms with E-state index in [9.17, 15) is 15.2 Å². The fourth-order valence-corrected chi connectivity index (χ4v) is 4.11. The molecule has 2 N–H and O–H groups in total. The van der Waals surface area contributed by atoms with Crippen LogP contribution < -0.4 is 11.0 Å². The highest BCUT2D eigenvalue weighted by molar-refractivity contribution is 5.80. The summed E-state index contributed by atoms with van der Waals surface area (Å²) in [5.41, 5.74) is 2.87. The van der Waals surface area contributed by atoms with E-state index in [1.807, 2.05) is 0 Å². The molecule has 30 heavy (non-hydrogen) atoms. The summed E-state index contributed by atoms with van der Waals surface area (Å²) < 4.78 is 4.91.